The van der Waals surface area contributed by atoms with Crippen molar-refractivity contribution in [3.63, 3.8) is 0 Å². The van der Waals surface area contributed by atoms with E-state index in [1.165, 1.54) is 0 Å². The van der Waals surface area contributed by atoms with Crippen LogP contribution in [0, 0.1) is 12.3 Å². The van der Waals surface area contributed by atoms with Gasteiger partial charge in [-0.05, 0) is 12.2 Å². The molecule has 0 saturated carbocycles. The van der Waals surface area contributed by atoms with E-state index in [4.69, 9.17) is 37.6 Å². The van der Waals surface area contributed by atoms with Crippen LogP contribution in [0.15, 0.2) is 0 Å². The van der Waals surface area contributed by atoms with E-state index in [1.807, 2.05) is 0 Å². The van der Waals surface area contributed by atoms with Crippen molar-refractivity contribution in [2.45, 2.75) is 6.92 Å². The summed E-state index contributed by atoms with van der Waals surface area (Å²) in [7, 11) is 0. The molecule has 0 spiro atoms. The lowest BCUT2D eigenvalue weighted by Crippen LogP contribution is -2.12. The highest BCUT2D eigenvalue weighted by Gasteiger charge is 1.92. The molecular formula is C11H18O4S. The van der Waals surface area contributed by atoms with Crippen LogP contribution < -0.4 is 0 Å². The highest BCUT2D eigenvalue weighted by molar-refractivity contribution is 7.80. The Morgan fingerprint density at radius 3 is 2.00 bits per heavy atom. The van der Waals surface area contributed by atoms with E-state index in [0.717, 1.165) is 0 Å². The van der Waals surface area contributed by atoms with Crippen molar-refractivity contribution < 1.29 is 18.9 Å². The molecule has 0 unspecified atom stereocenters. The minimum Gasteiger partial charge on any atom is -0.485 e. The second-order valence-corrected chi connectivity index (χ2v) is 3.40. The molecule has 5 heteroatoms. The highest BCUT2D eigenvalue weighted by Crippen LogP contribution is 1.83. The zero-order valence-corrected chi connectivity index (χ0v) is 10.4. The van der Waals surface area contributed by atoms with Gasteiger partial charge >= 0.3 is 0 Å². The van der Waals surface area contributed by atoms with Gasteiger partial charge in [0.25, 0.3) is 0 Å². The van der Waals surface area contributed by atoms with Crippen LogP contribution in [-0.2, 0) is 18.9 Å². The summed E-state index contributed by atoms with van der Waals surface area (Å²) in [5, 5.41) is 0.533. The fourth-order valence-corrected chi connectivity index (χ4v) is 0.899. The van der Waals surface area contributed by atoms with Crippen molar-refractivity contribution in [2.24, 2.45) is 0 Å². The van der Waals surface area contributed by atoms with Gasteiger partial charge in [0.2, 0.25) is 0 Å². The molecule has 0 heterocycles. The Balaban J connectivity index is 2.94. The molecule has 16 heavy (non-hydrogen) atoms. The van der Waals surface area contributed by atoms with Gasteiger partial charge in [-0.15, -0.1) is 6.42 Å². The molecule has 0 aliphatic rings. The third-order valence-corrected chi connectivity index (χ3v) is 1.58. The molecule has 0 aliphatic carbocycles. The predicted molar refractivity (Wildman–Crippen MR) is 65.5 cm³/mol. The molecule has 0 fully saturated rings. The summed E-state index contributed by atoms with van der Waals surface area (Å²) in [4.78, 5) is 0. The van der Waals surface area contributed by atoms with Gasteiger partial charge in [-0.1, -0.05) is 5.92 Å². The zero-order chi connectivity index (χ0) is 12.1. The number of terminal acetylenes is 1. The van der Waals surface area contributed by atoms with E-state index >= 15 is 0 Å². The van der Waals surface area contributed by atoms with Crippen molar-refractivity contribution >= 4 is 17.3 Å². The van der Waals surface area contributed by atoms with Crippen LogP contribution in [0.2, 0.25) is 0 Å². The first-order valence-electron chi connectivity index (χ1n) is 5.07. The van der Waals surface area contributed by atoms with Gasteiger partial charge in [0.05, 0.1) is 33.0 Å². The molecular weight excluding hydrogens is 228 g/mol. The van der Waals surface area contributed by atoms with Crippen LogP contribution in [0.4, 0.5) is 0 Å². The molecule has 0 aromatic carbocycles. The lowest BCUT2D eigenvalue weighted by Gasteiger charge is -2.06. The van der Waals surface area contributed by atoms with E-state index in [-0.39, 0.29) is 0 Å². The van der Waals surface area contributed by atoms with Crippen LogP contribution >= 0.6 is 12.2 Å². The minimum absolute atomic E-state index is 0.328. The van der Waals surface area contributed by atoms with Crippen LogP contribution in [-0.4, -0.2) is 51.3 Å². The first kappa shape index (κ1) is 15.3. The molecule has 92 valence electrons. The first-order valence-corrected chi connectivity index (χ1v) is 5.48. The fourth-order valence-electron chi connectivity index (χ4n) is 0.815. The minimum atomic E-state index is 0.328. The molecule has 0 atom stereocenters. The number of ether oxygens (including phenoxy) is 4. The van der Waals surface area contributed by atoms with Crippen LogP contribution in [0.1, 0.15) is 6.92 Å². The molecule has 0 rings (SSSR count). The molecule has 0 aliphatic heterocycles. The van der Waals surface area contributed by atoms with Crippen LogP contribution in [0.3, 0.4) is 0 Å². The summed E-state index contributed by atoms with van der Waals surface area (Å²) in [6.45, 7) is 5.18. The average Bonchev–Trinajstić information content (AvgIpc) is 2.25. The van der Waals surface area contributed by atoms with Crippen molar-refractivity contribution in [1.29, 1.82) is 0 Å². The van der Waals surface area contributed by atoms with E-state index in [2.05, 4.69) is 5.92 Å². The molecule has 0 aromatic heterocycles. The summed E-state index contributed by atoms with van der Waals surface area (Å²) in [6.07, 6.45) is 5.00. The molecule has 0 amide bonds. The molecule has 4 nitrogen and oxygen atoms in total. The number of rotatable bonds is 10. The van der Waals surface area contributed by atoms with Gasteiger partial charge in [0, 0.05) is 6.92 Å². The monoisotopic (exact) mass is 246 g/mol. The second-order valence-electron chi connectivity index (χ2n) is 2.82. The largest absolute Gasteiger partial charge is 0.485 e. The summed E-state index contributed by atoms with van der Waals surface area (Å²) < 4.78 is 20.5. The van der Waals surface area contributed by atoms with Crippen molar-refractivity contribution in [3.05, 3.63) is 0 Å². The van der Waals surface area contributed by atoms with Crippen LogP contribution in [0.25, 0.3) is 0 Å². The van der Waals surface area contributed by atoms with Crippen molar-refractivity contribution in [2.75, 3.05) is 46.2 Å². The van der Waals surface area contributed by atoms with E-state index in [0.29, 0.717) is 51.3 Å². The molecule has 0 aromatic rings. The SMILES string of the molecule is C#CCOCCOCCOCCOC(C)=S. The average molecular weight is 246 g/mol. The molecule has 0 bridgehead atoms. The third-order valence-electron chi connectivity index (χ3n) is 1.46. The number of hydrogen-bond acceptors (Lipinski definition) is 5. The van der Waals surface area contributed by atoms with Gasteiger partial charge in [0.15, 0.2) is 5.05 Å². The summed E-state index contributed by atoms with van der Waals surface area (Å²) in [6, 6.07) is 0. The van der Waals surface area contributed by atoms with Gasteiger partial charge in [-0.25, -0.2) is 0 Å². The van der Waals surface area contributed by atoms with Gasteiger partial charge in [-0.3, -0.25) is 0 Å². The van der Waals surface area contributed by atoms with Crippen molar-refractivity contribution in [1.82, 2.24) is 0 Å². The maximum absolute atomic E-state index is 5.23. The Morgan fingerprint density at radius 2 is 1.50 bits per heavy atom. The lowest BCUT2D eigenvalue weighted by atomic mass is 10.7. The summed E-state index contributed by atoms with van der Waals surface area (Å²) in [5.74, 6) is 2.38. The Morgan fingerprint density at radius 1 is 1.00 bits per heavy atom. The van der Waals surface area contributed by atoms with Gasteiger partial charge < -0.3 is 18.9 Å². The summed E-state index contributed by atoms with van der Waals surface area (Å²) >= 11 is 4.74. The number of hydrogen-bond donors (Lipinski definition) is 0. The summed E-state index contributed by atoms with van der Waals surface area (Å²) in [5.41, 5.74) is 0. The maximum Gasteiger partial charge on any atom is 0.156 e. The van der Waals surface area contributed by atoms with E-state index < -0.39 is 0 Å². The maximum atomic E-state index is 5.23. The Bertz CT molecular complexity index is 213. The van der Waals surface area contributed by atoms with E-state index in [9.17, 15) is 0 Å². The lowest BCUT2D eigenvalue weighted by molar-refractivity contribution is 0.0135. The Labute approximate surface area is 102 Å². The van der Waals surface area contributed by atoms with Gasteiger partial charge in [0.1, 0.15) is 13.2 Å². The molecule has 0 saturated heterocycles. The standard InChI is InChI=1S/C11H18O4S/c1-3-4-12-5-6-13-7-8-14-9-10-15-11(2)16/h1H,4-10H2,2H3. The smallest absolute Gasteiger partial charge is 0.156 e. The van der Waals surface area contributed by atoms with Gasteiger partial charge in [-0.2, -0.15) is 0 Å². The van der Waals surface area contributed by atoms with Crippen molar-refractivity contribution in [3.8, 4) is 12.3 Å². The normalized spacial score (nSPS) is 9.75. The second kappa shape index (κ2) is 12.4. The Hall–Kier alpha value is -0.670. The van der Waals surface area contributed by atoms with E-state index in [1.54, 1.807) is 6.92 Å². The zero-order valence-electron chi connectivity index (χ0n) is 9.57. The number of thiocarbonyl (C=S) groups is 1. The highest BCUT2D eigenvalue weighted by atomic mass is 32.1. The molecule has 0 radical (unpaired) electrons. The third kappa shape index (κ3) is 13.3. The van der Waals surface area contributed by atoms with Crippen LogP contribution in [0.5, 0.6) is 0 Å². The first-order chi connectivity index (χ1) is 7.77. The quantitative estimate of drug-likeness (QED) is 0.327. The topological polar surface area (TPSA) is 36.9 Å². The molecule has 0 N–H and O–H groups in total. The predicted octanol–water partition coefficient (Wildman–Crippen LogP) is 1.03. The Kier molecular flexibility index (Phi) is 11.9. The fraction of sp³-hybridized carbons (Fsp3) is 0.727.